The molecule has 1 aliphatic heterocycles. The number of aromatic nitrogens is 1. The van der Waals surface area contributed by atoms with E-state index in [-0.39, 0.29) is 5.56 Å². The molecule has 186 valence electrons. The van der Waals surface area contributed by atoms with Crippen molar-refractivity contribution in [3.63, 3.8) is 0 Å². The number of hydrogen-bond donors (Lipinski definition) is 1. The van der Waals surface area contributed by atoms with Crippen LogP contribution in [0.5, 0.6) is 5.75 Å². The molecule has 0 spiro atoms. The zero-order valence-corrected chi connectivity index (χ0v) is 20.4. The lowest BCUT2D eigenvalue weighted by Gasteiger charge is -2.22. The number of rotatable bonds is 7. The largest absolute Gasteiger partial charge is 0.478 e. The molecule has 8 heteroatoms. The molecular formula is C27H30F2N2O4. The number of oxazole rings is 1. The molecule has 0 saturated heterocycles. The summed E-state index contributed by atoms with van der Waals surface area (Å²) in [7, 11) is 0. The number of alkyl halides is 2. The monoisotopic (exact) mass is 484 g/mol. The second kappa shape index (κ2) is 9.41. The van der Waals surface area contributed by atoms with E-state index < -0.39 is 17.5 Å². The number of hydrogen-bond acceptors (Lipinski definition) is 5. The first kappa shape index (κ1) is 24.9. The van der Waals surface area contributed by atoms with Crippen molar-refractivity contribution in [1.82, 2.24) is 9.88 Å². The number of fused-ring (bicyclic) bond motifs is 1. The van der Waals surface area contributed by atoms with Crippen LogP contribution < -0.4 is 4.74 Å². The van der Waals surface area contributed by atoms with Crippen LogP contribution in [0.25, 0.3) is 11.5 Å². The SMILES string of the molecule is Cc1nc(-c2ccc(C(C)(F)F)cc2)oc1CN1CCc2ccc(OC(C)(C)C(=O)O)cc2CC1. The van der Waals surface area contributed by atoms with Gasteiger partial charge in [0.15, 0.2) is 5.60 Å². The summed E-state index contributed by atoms with van der Waals surface area (Å²) >= 11 is 0. The van der Waals surface area contributed by atoms with E-state index in [2.05, 4.69) is 9.88 Å². The van der Waals surface area contributed by atoms with Crippen molar-refractivity contribution in [3.8, 4) is 17.2 Å². The summed E-state index contributed by atoms with van der Waals surface area (Å²) < 4.78 is 38.7. The average Bonchev–Trinajstić information content (AvgIpc) is 3.03. The van der Waals surface area contributed by atoms with E-state index in [0.717, 1.165) is 49.9 Å². The van der Waals surface area contributed by atoms with Gasteiger partial charge in [-0.05, 0) is 69.0 Å². The maximum atomic E-state index is 13.5. The van der Waals surface area contributed by atoms with Gasteiger partial charge in [0, 0.05) is 31.1 Å². The van der Waals surface area contributed by atoms with E-state index in [0.29, 0.717) is 23.7 Å². The Balaban J connectivity index is 1.43. The third kappa shape index (κ3) is 5.70. The molecule has 0 atom stereocenters. The van der Waals surface area contributed by atoms with E-state index in [1.165, 1.54) is 31.5 Å². The molecular weight excluding hydrogens is 454 g/mol. The minimum Gasteiger partial charge on any atom is -0.478 e. The summed E-state index contributed by atoms with van der Waals surface area (Å²) in [5.41, 5.74) is 2.45. The minimum atomic E-state index is -2.89. The highest BCUT2D eigenvalue weighted by Gasteiger charge is 2.30. The fourth-order valence-electron chi connectivity index (χ4n) is 4.11. The number of halogens is 2. The van der Waals surface area contributed by atoms with Gasteiger partial charge in [-0.2, -0.15) is 0 Å². The summed E-state index contributed by atoms with van der Waals surface area (Å²) in [5, 5.41) is 9.33. The molecule has 2 aromatic carbocycles. The summed E-state index contributed by atoms with van der Waals surface area (Å²) in [6, 6.07) is 11.8. The van der Waals surface area contributed by atoms with Gasteiger partial charge in [0.1, 0.15) is 11.5 Å². The fourth-order valence-corrected chi connectivity index (χ4v) is 4.11. The van der Waals surface area contributed by atoms with Crippen molar-refractivity contribution in [1.29, 1.82) is 0 Å². The van der Waals surface area contributed by atoms with Crippen LogP contribution in [0.4, 0.5) is 8.78 Å². The predicted molar refractivity (Wildman–Crippen MR) is 128 cm³/mol. The topological polar surface area (TPSA) is 75.8 Å². The van der Waals surface area contributed by atoms with Crippen molar-refractivity contribution in [2.45, 2.75) is 58.6 Å². The van der Waals surface area contributed by atoms with Crippen LogP contribution in [0.1, 0.15) is 48.9 Å². The molecule has 2 heterocycles. The highest BCUT2D eigenvalue weighted by Crippen LogP contribution is 2.30. The van der Waals surface area contributed by atoms with Crippen LogP contribution in [0.2, 0.25) is 0 Å². The molecule has 35 heavy (non-hydrogen) atoms. The van der Waals surface area contributed by atoms with Crippen molar-refractivity contribution >= 4 is 5.97 Å². The van der Waals surface area contributed by atoms with Gasteiger partial charge in [0.2, 0.25) is 5.89 Å². The van der Waals surface area contributed by atoms with Crippen LogP contribution in [0.15, 0.2) is 46.9 Å². The van der Waals surface area contributed by atoms with Gasteiger partial charge in [-0.15, -0.1) is 0 Å². The molecule has 0 bridgehead atoms. The zero-order valence-electron chi connectivity index (χ0n) is 20.4. The van der Waals surface area contributed by atoms with Gasteiger partial charge in [0.25, 0.3) is 5.92 Å². The van der Waals surface area contributed by atoms with Crippen LogP contribution in [0.3, 0.4) is 0 Å². The number of aryl methyl sites for hydroxylation is 1. The van der Waals surface area contributed by atoms with E-state index in [1.54, 1.807) is 12.1 Å². The Labute approximate surface area is 203 Å². The first-order valence-electron chi connectivity index (χ1n) is 11.6. The molecule has 3 aromatic rings. The number of carboxylic acid groups (broad SMARTS) is 1. The molecule has 6 nitrogen and oxygen atoms in total. The molecule has 0 amide bonds. The number of carbonyl (C=O) groups is 1. The van der Waals surface area contributed by atoms with Crippen LogP contribution in [0, 0.1) is 6.92 Å². The highest BCUT2D eigenvalue weighted by atomic mass is 19.3. The first-order chi connectivity index (χ1) is 16.4. The molecule has 0 aliphatic carbocycles. The van der Waals surface area contributed by atoms with Crippen LogP contribution >= 0.6 is 0 Å². The molecule has 4 rings (SSSR count). The second-order valence-electron chi connectivity index (χ2n) is 9.62. The second-order valence-corrected chi connectivity index (χ2v) is 9.62. The Morgan fingerprint density at radius 2 is 1.74 bits per heavy atom. The number of nitrogens with zero attached hydrogens (tertiary/aromatic N) is 2. The van der Waals surface area contributed by atoms with Crippen molar-refractivity contribution in [2.24, 2.45) is 0 Å². The van der Waals surface area contributed by atoms with Crippen LogP contribution in [-0.2, 0) is 30.1 Å². The van der Waals surface area contributed by atoms with Gasteiger partial charge >= 0.3 is 5.97 Å². The third-order valence-electron chi connectivity index (χ3n) is 6.36. The molecule has 0 radical (unpaired) electrons. The predicted octanol–water partition coefficient (Wildman–Crippen LogP) is 5.60. The first-order valence-corrected chi connectivity index (χ1v) is 11.6. The maximum absolute atomic E-state index is 13.5. The Hall–Kier alpha value is -3.26. The zero-order chi connectivity index (χ0) is 25.4. The van der Waals surface area contributed by atoms with Crippen molar-refractivity contribution < 1.29 is 27.8 Å². The van der Waals surface area contributed by atoms with Crippen molar-refractivity contribution in [3.05, 3.63) is 70.6 Å². The van der Waals surface area contributed by atoms with Gasteiger partial charge in [-0.25, -0.2) is 18.6 Å². The number of carboxylic acids is 1. The van der Waals surface area contributed by atoms with E-state index in [4.69, 9.17) is 9.15 Å². The smallest absolute Gasteiger partial charge is 0.347 e. The lowest BCUT2D eigenvalue weighted by Crippen LogP contribution is -2.37. The quantitative estimate of drug-likeness (QED) is 0.470. The average molecular weight is 485 g/mol. The lowest BCUT2D eigenvalue weighted by molar-refractivity contribution is -0.152. The normalized spacial score (nSPS) is 14.9. The molecule has 0 saturated carbocycles. The molecule has 1 aliphatic rings. The molecule has 1 aromatic heterocycles. The summed E-state index contributed by atoms with van der Waals surface area (Å²) in [6.45, 7) is 8.05. The van der Waals surface area contributed by atoms with E-state index >= 15 is 0 Å². The number of ether oxygens (including phenoxy) is 1. The summed E-state index contributed by atoms with van der Waals surface area (Å²) in [4.78, 5) is 18.2. The Morgan fingerprint density at radius 1 is 1.09 bits per heavy atom. The third-order valence-corrected chi connectivity index (χ3v) is 6.36. The number of benzene rings is 2. The highest BCUT2D eigenvalue weighted by molar-refractivity contribution is 5.76. The lowest BCUT2D eigenvalue weighted by atomic mass is 10.0. The maximum Gasteiger partial charge on any atom is 0.347 e. The van der Waals surface area contributed by atoms with Crippen LogP contribution in [-0.4, -0.2) is 39.7 Å². The van der Waals surface area contributed by atoms with Gasteiger partial charge in [0.05, 0.1) is 12.2 Å². The fraction of sp³-hybridized carbons (Fsp3) is 0.407. The van der Waals surface area contributed by atoms with E-state index in [9.17, 15) is 18.7 Å². The molecule has 0 unspecified atom stereocenters. The van der Waals surface area contributed by atoms with Crippen molar-refractivity contribution in [2.75, 3.05) is 13.1 Å². The standard InChI is InChI=1S/C27H30F2N2O4/c1-17-23(34-24(30-17)19-5-8-21(9-6-19)27(4,28)29)16-31-13-11-18-7-10-22(15-20(18)12-14-31)35-26(2,3)25(32)33/h5-10,15H,11-14,16H2,1-4H3,(H,32,33). The Bertz CT molecular complexity index is 1210. The minimum absolute atomic E-state index is 0.0473. The molecule has 1 N–H and O–H groups in total. The molecule has 0 fully saturated rings. The van der Waals surface area contributed by atoms with Gasteiger partial charge < -0.3 is 14.3 Å². The number of aliphatic carboxylic acids is 1. The van der Waals surface area contributed by atoms with Gasteiger partial charge in [-0.1, -0.05) is 18.2 Å². The van der Waals surface area contributed by atoms with Gasteiger partial charge in [-0.3, -0.25) is 4.90 Å². The summed E-state index contributed by atoms with van der Waals surface area (Å²) in [6.07, 6.45) is 1.65. The summed E-state index contributed by atoms with van der Waals surface area (Å²) in [5.74, 6) is -2.18. The Morgan fingerprint density at radius 3 is 2.37 bits per heavy atom. The van der Waals surface area contributed by atoms with E-state index in [1.807, 2.05) is 25.1 Å². The Kier molecular flexibility index (Phi) is 6.68.